The summed E-state index contributed by atoms with van der Waals surface area (Å²) in [4.78, 5) is 20.7. The number of carboxylic acids is 1. The maximum atomic E-state index is 12.5. The van der Waals surface area contributed by atoms with Crippen LogP contribution >= 0.6 is 11.6 Å². The number of nitro benzene ring substituents is 1. The van der Waals surface area contributed by atoms with Gasteiger partial charge in [-0.05, 0) is 36.4 Å². The maximum absolute atomic E-state index is 12.5. The molecule has 0 aliphatic rings. The van der Waals surface area contributed by atoms with E-state index in [4.69, 9.17) is 21.1 Å². The number of para-hydroxylation sites is 1. The second kappa shape index (κ2) is 7.33. The van der Waals surface area contributed by atoms with Crippen LogP contribution in [0, 0.1) is 10.1 Å². The van der Waals surface area contributed by atoms with Crippen LogP contribution in [0.2, 0.25) is 5.02 Å². The van der Waals surface area contributed by atoms with Gasteiger partial charge in [0.25, 0.3) is 15.7 Å². The van der Waals surface area contributed by atoms with Crippen molar-refractivity contribution in [3.63, 3.8) is 0 Å². The molecule has 0 aliphatic carbocycles. The first kappa shape index (κ1) is 19.4. The number of rotatable bonds is 6. The van der Waals surface area contributed by atoms with Crippen LogP contribution in [0.25, 0.3) is 11.3 Å². The molecule has 2 N–H and O–H groups in total. The van der Waals surface area contributed by atoms with Crippen molar-refractivity contribution < 1.29 is 27.7 Å². The molecule has 0 saturated heterocycles. The summed E-state index contributed by atoms with van der Waals surface area (Å²) in [7, 11) is -4.24. The van der Waals surface area contributed by atoms with Gasteiger partial charge >= 0.3 is 5.97 Å². The molecule has 0 amide bonds. The number of carboxylic acid groups (broad SMARTS) is 1. The number of sulfonamides is 1. The van der Waals surface area contributed by atoms with E-state index in [9.17, 15) is 23.3 Å². The van der Waals surface area contributed by atoms with Gasteiger partial charge in [-0.1, -0.05) is 23.7 Å². The van der Waals surface area contributed by atoms with Crippen LogP contribution in [-0.2, 0) is 10.0 Å². The molecule has 3 aromatic rings. The van der Waals surface area contributed by atoms with Gasteiger partial charge in [-0.15, -0.1) is 0 Å². The van der Waals surface area contributed by atoms with E-state index in [-0.39, 0.29) is 22.2 Å². The van der Waals surface area contributed by atoms with Crippen LogP contribution < -0.4 is 4.72 Å². The Hall–Kier alpha value is -3.37. The van der Waals surface area contributed by atoms with Gasteiger partial charge in [0, 0.05) is 11.6 Å². The zero-order valence-electron chi connectivity index (χ0n) is 13.8. The molecule has 0 radical (unpaired) electrons. The van der Waals surface area contributed by atoms with E-state index in [1.54, 1.807) is 0 Å². The lowest BCUT2D eigenvalue weighted by atomic mass is 10.1. The Morgan fingerprint density at radius 3 is 2.46 bits per heavy atom. The highest BCUT2D eigenvalue weighted by Gasteiger charge is 2.25. The minimum atomic E-state index is -4.24. The van der Waals surface area contributed by atoms with Crippen molar-refractivity contribution >= 4 is 39.0 Å². The molecule has 2 aromatic carbocycles. The zero-order valence-corrected chi connectivity index (χ0v) is 15.4. The Balaban J connectivity index is 1.92. The summed E-state index contributed by atoms with van der Waals surface area (Å²) >= 11 is 6.16. The predicted octanol–water partition coefficient (Wildman–Crippen LogP) is 4.01. The van der Waals surface area contributed by atoms with Crippen LogP contribution in [0.1, 0.15) is 10.6 Å². The van der Waals surface area contributed by atoms with Gasteiger partial charge in [-0.2, -0.15) is 0 Å². The van der Waals surface area contributed by atoms with E-state index in [0.29, 0.717) is 5.56 Å². The quantitative estimate of drug-likeness (QED) is 0.451. The normalized spacial score (nSPS) is 11.2. The standard InChI is InChI=1S/C17H11ClN2O7S/c18-12-9-10(5-6-11(12)14-7-8-15(27-14)17(21)22)19-28(25,26)16-4-2-1-3-13(16)20(23)24/h1-9,19H,(H,21,22). The van der Waals surface area contributed by atoms with E-state index in [1.165, 1.54) is 42.5 Å². The molecule has 11 heteroatoms. The molecule has 3 rings (SSSR count). The molecule has 0 bridgehead atoms. The molecular formula is C17H11ClN2O7S. The Morgan fingerprint density at radius 1 is 1.14 bits per heavy atom. The number of aromatic carboxylic acids is 1. The molecule has 1 heterocycles. The van der Waals surface area contributed by atoms with Gasteiger partial charge in [-0.25, -0.2) is 13.2 Å². The lowest BCUT2D eigenvalue weighted by molar-refractivity contribution is -0.387. The first-order chi connectivity index (χ1) is 13.2. The smallest absolute Gasteiger partial charge is 0.371 e. The number of nitro groups is 1. The summed E-state index contributed by atoms with van der Waals surface area (Å²) in [6.45, 7) is 0. The largest absolute Gasteiger partial charge is 0.475 e. The third-order valence-corrected chi connectivity index (χ3v) is 5.40. The average Bonchev–Trinajstić information content (AvgIpc) is 3.11. The number of benzene rings is 2. The number of nitrogens with one attached hydrogen (secondary N) is 1. The first-order valence-corrected chi connectivity index (χ1v) is 9.44. The summed E-state index contributed by atoms with van der Waals surface area (Å²) in [5.41, 5.74) is -0.144. The maximum Gasteiger partial charge on any atom is 0.371 e. The summed E-state index contributed by atoms with van der Waals surface area (Å²) in [5, 5.41) is 20.1. The average molecular weight is 423 g/mol. The third-order valence-electron chi connectivity index (χ3n) is 3.66. The molecule has 1 aromatic heterocycles. The molecule has 28 heavy (non-hydrogen) atoms. The number of halogens is 1. The highest BCUT2D eigenvalue weighted by molar-refractivity contribution is 7.92. The van der Waals surface area contributed by atoms with E-state index in [1.807, 2.05) is 0 Å². The topological polar surface area (TPSA) is 140 Å². The minimum Gasteiger partial charge on any atom is -0.475 e. The van der Waals surface area contributed by atoms with Crippen LogP contribution in [0.4, 0.5) is 11.4 Å². The number of furan rings is 1. The third kappa shape index (κ3) is 3.82. The van der Waals surface area contributed by atoms with E-state index in [0.717, 1.165) is 12.1 Å². The molecular weight excluding hydrogens is 412 g/mol. The Bertz CT molecular complexity index is 1190. The highest BCUT2D eigenvalue weighted by Crippen LogP contribution is 2.33. The summed E-state index contributed by atoms with van der Waals surface area (Å²) in [6, 6.07) is 11.7. The lowest BCUT2D eigenvalue weighted by Gasteiger charge is -2.10. The van der Waals surface area contributed by atoms with Crippen molar-refractivity contribution in [2.45, 2.75) is 4.90 Å². The number of hydrogen-bond acceptors (Lipinski definition) is 6. The predicted molar refractivity (Wildman–Crippen MR) is 100 cm³/mol. The first-order valence-electron chi connectivity index (χ1n) is 7.58. The highest BCUT2D eigenvalue weighted by atomic mass is 35.5. The van der Waals surface area contributed by atoms with Crippen LogP contribution in [0.15, 0.2) is 63.9 Å². The molecule has 0 saturated carbocycles. The number of anilines is 1. The van der Waals surface area contributed by atoms with E-state index in [2.05, 4.69) is 4.72 Å². The van der Waals surface area contributed by atoms with Crippen LogP contribution in [-0.4, -0.2) is 24.4 Å². The van der Waals surface area contributed by atoms with E-state index < -0.39 is 31.5 Å². The fourth-order valence-electron chi connectivity index (χ4n) is 2.42. The van der Waals surface area contributed by atoms with Crippen molar-refractivity contribution in [2.24, 2.45) is 0 Å². The summed E-state index contributed by atoms with van der Waals surface area (Å²) in [6.07, 6.45) is 0. The van der Waals surface area contributed by atoms with E-state index >= 15 is 0 Å². The van der Waals surface area contributed by atoms with Crippen molar-refractivity contribution in [1.29, 1.82) is 0 Å². The SMILES string of the molecule is O=C(O)c1ccc(-c2ccc(NS(=O)(=O)c3ccccc3[N+](=O)[O-])cc2Cl)o1. The molecule has 144 valence electrons. The lowest BCUT2D eigenvalue weighted by Crippen LogP contribution is -2.14. The van der Waals surface area contributed by atoms with Crippen molar-refractivity contribution in [1.82, 2.24) is 0 Å². The van der Waals surface area contributed by atoms with Gasteiger partial charge in [0.05, 0.1) is 15.6 Å². The molecule has 0 aliphatic heterocycles. The van der Waals surface area contributed by atoms with Crippen molar-refractivity contribution in [3.05, 3.63) is 75.5 Å². The second-order valence-electron chi connectivity index (χ2n) is 5.49. The van der Waals surface area contributed by atoms with Crippen LogP contribution in [0.3, 0.4) is 0 Å². The van der Waals surface area contributed by atoms with Crippen molar-refractivity contribution in [2.75, 3.05) is 4.72 Å². The van der Waals surface area contributed by atoms with Gasteiger partial charge < -0.3 is 9.52 Å². The molecule has 0 spiro atoms. The fourth-order valence-corrected chi connectivity index (χ4v) is 3.92. The Labute approximate surface area is 163 Å². The monoisotopic (exact) mass is 422 g/mol. The second-order valence-corrected chi connectivity index (χ2v) is 7.55. The number of hydrogen-bond donors (Lipinski definition) is 2. The van der Waals surface area contributed by atoms with Crippen LogP contribution in [0.5, 0.6) is 0 Å². The fraction of sp³-hybridized carbons (Fsp3) is 0. The Morgan fingerprint density at radius 2 is 1.86 bits per heavy atom. The molecule has 9 nitrogen and oxygen atoms in total. The van der Waals surface area contributed by atoms with Gasteiger partial charge in [0.15, 0.2) is 4.90 Å². The van der Waals surface area contributed by atoms with Gasteiger partial charge in [0.1, 0.15) is 5.76 Å². The Kier molecular flexibility index (Phi) is 5.08. The molecule has 0 fully saturated rings. The van der Waals surface area contributed by atoms with Gasteiger partial charge in [0.2, 0.25) is 5.76 Å². The summed E-state index contributed by atoms with van der Waals surface area (Å²) < 4.78 is 32.5. The zero-order chi connectivity index (χ0) is 20.5. The number of nitrogens with zero attached hydrogens (tertiary/aromatic N) is 1. The minimum absolute atomic E-state index is 0.0666. The summed E-state index contributed by atoms with van der Waals surface area (Å²) in [5.74, 6) is -1.32. The van der Waals surface area contributed by atoms with Crippen molar-refractivity contribution in [3.8, 4) is 11.3 Å². The molecule has 0 unspecified atom stereocenters. The number of carbonyl (C=O) groups is 1. The molecule has 0 atom stereocenters. The van der Waals surface area contributed by atoms with Gasteiger partial charge in [-0.3, -0.25) is 14.8 Å².